The Morgan fingerprint density at radius 1 is 1.00 bits per heavy atom. The molecule has 0 aliphatic rings. The summed E-state index contributed by atoms with van der Waals surface area (Å²) in [4.78, 5) is 12.2. The molecule has 0 fully saturated rings. The van der Waals surface area contributed by atoms with Crippen molar-refractivity contribution in [2.24, 2.45) is 0 Å². The number of aromatic nitrogens is 2. The van der Waals surface area contributed by atoms with Gasteiger partial charge in [-0.15, -0.1) is 5.10 Å². The molecule has 0 bridgehead atoms. The van der Waals surface area contributed by atoms with E-state index in [1.165, 1.54) is 0 Å². The zero-order chi connectivity index (χ0) is 17.1. The van der Waals surface area contributed by atoms with Gasteiger partial charge in [0.1, 0.15) is 0 Å². The van der Waals surface area contributed by atoms with E-state index in [1.807, 2.05) is 63.2 Å². The molecule has 1 aromatic heterocycles. The fraction of sp³-hybridized carbons (Fsp3) is 0.211. The van der Waals surface area contributed by atoms with Crippen LogP contribution in [0.3, 0.4) is 0 Å². The molecule has 5 nitrogen and oxygen atoms in total. The Balaban J connectivity index is 1.69. The molecule has 0 saturated carbocycles. The van der Waals surface area contributed by atoms with Gasteiger partial charge in [0.25, 0.3) is 0 Å². The van der Waals surface area contributed by atoms with E-state index in [1.54, 1.807) is 0 Å². The third-order valence-corrected chi connectivity index (χ3v) is 3.83. The summed E-state index contributed by atoms with van der Waals surface area (Å²) in [5.74, 6) is 0.208. The van der Waals surface area contributed by atoms with Crippen LogP contribution < -0.4 is 5.32 Å². The number of nitrogens with one attached hydrogen (secondary N) is 1. The Kier molecular flexibility index (Phi) is 4.42. The number of carbonyl (C=O) groups is 1. The highest BCUT2D eigenvalue weighted by Gasteiger charge is 2.12. The van der Waals surface area contributed by atoms with E-state index >= 15 is 0 Å². The van der Waals surface area contributed by atoms with Gasteiger partial charge in [-0.05, 0) is 44.0 Å². The molecule has 122 valence electrons. The first kappa shape index (κ1) is 15.9. The average molecular weight is 321 g/mol. The maximum Gasteiger partial charge on any atom is 0.322 e. The van der Waals surface area contributed by atoms with Gasteiger partial charge in [-0.1, -0.05) is 46.6 Å². The second-order valence-electron chi connectivity index (χ2n) is 5.93. The van der Waals surface area contributed by atoms with Crippen molar-refractivity contribution < 1.29 is 9.21 Å². The first-order valence-corrected chi connectivity index (χ1v) is 7.78. The second-order valence-corrected chi connectivity index (χ2v) is 5.93. The van der Waals surface area contributed by atoms with Gasteiger partial charge in [0.05, 0.1) is 6.42 Å². The molecule has 3 aromatic rings. The highest BCUT2D eigenvalue weighted by molar-refractivity contribution is 5.90. The minimum Gasteiger partial charge on any atom is -0.403 e. The SMILES string of the molecule is Cc1ccc(-c2nnc(NC(=O)Cc3cc(C)ccc3C)o2)cc1. The number of aryl methyl sites for hydroxylation is 3. The molecule has 1 N–H and O–H groups in total. The van der Waals surface area contributed by atoms with Crippen LogP contribution in [-0.4, -0.2) is 16.1 Å². The van der Waals surface area contributed by atoms with Gasteiger partial charge < -0.3 is 4.42 Å². The van der Waals surface area contributed by atoms with Crippen molar-refractivity contribution in [2.45, 2.75) is 27.2 Å². The van der Waals surface area contributed by atoms with Crippen molar-refractivity contribution >= 4 is 11.9 Å². The monoisotopic (exact) mass is 321 g/mol. The van der Waals surface area contributed by atoms with E-state index in [0.29, 0.717) is 5.89 Å². The van der Waals surface area contributed by atoms with Crippen LogP contribution in [0.2, 0.25) is 0 Å². The Labute approximate surface area is 140 Å². The quantitative estimate of drug-likeness (QED) is 0.792. The lowest BCUT2D eigenvalue weighted by Crippen LogP contribution is -2.15. The molecule has 24 heavy (non-hydrogen) atoms. The minimum atomic E-state index is -0.178. The normalized spacial score (nSPS) is 10.6. The maximum absolute atomic E-state index is 12.2. The van der Waals surface area contributed by atoms with E-state index in [4.69, 9.17) is 4.42 Å². The van der Waals surface area contributed by atoms with Gasteiger partial charge in [-0.25, -0.2) is 0 Å². The molecule has 1 heterocycles. The standard InChI is InChI=1S/C19H19N3O2/c1-12-5-8-15(9-6-12)18-21-22-19(24-18)20-17(23)11-16-10-13(2)4-7-14(16)3/h4-10H,11H2,1-3H3,(H,20,22,23). The van der Waals surface area contributed by atoms with Crippen molar-refractivity contribution in [3.05, 3.63) is 64.7 Å². The molecular weight excluding hydrogens is 302 g/mol. The zero-order valence-electron chi connectivity index (χ0n) is 14.0. The minimum absolute atomic E-state index is 0.112. The van der Waals surface area contributed by atoms with Gasteiger partial charge in [-0.3, -0.25) is 10.1 Å². The summed E-state index contributed by atoms with van der Waals surface area (Å²) in [7, 11) is 0. The Morgan fingerprint density at radius 2 is 1.71 bits per heavy atom. The number of carbonyl (C=O) groups excluding carboxylic acids is 1. The molecule has 0 aliphatic carbocycles. The zero-order valence-corrected chi connectivity index (χ0v) is 14.0. The van der Waals surface area contributed by atoms with Crippen molar-refractivity contribution in [3.8, 4) is 11.5 Å². The molecule has 2 aromatic carbocycles. The summed E-state index contributed by atoms with van der Waals surface area (Å²) in [5, 5.41) is 10.5. The van der Waals surface area contributed by atoms with Crippen LogP contribution in [0.15, 0.2) is 46.9 Å². The molecule has 0 radical (unpaired) electrons. The van der Waals surface area contributed by atoms with Crippen LogP contribution in [0, 0.1) is 20.8 Å². The smallest absolute Gasteiger partial charge is 0.322 e. The van der Waals surface area contributed by atoms with Gasteiger partial charge in [-0.2, -0.15) is 0 Å². The lowest BCUT2D eigenvalue weighted by molar-refractivity contribution is -0.115. The first-order valence-electron chi connectivity index (χ1n) is 7.78. The van der Waals surface area contributed by atoms with E-state index in [0.717, 1.165) is 27.8 Å². The van der Waals surface area contributed by atoms with E-state index < -0.39 is 0 Å². The highest BCUT2D eigenvalue weighted by atomic mass is 16.4. The second kappa shape index (κ2) is 6.66. The number of benzene rings is 2. The summed E-state index contributed by atoms with van der Waals surface area (Å²) in [6.45, 7) is 6.01. The molecule has 0 spiro atoms. The van der Waals surface area contributed by atoms with E-state index in [-0.39, 0.29) is 18.3 Å². The summed E-state index contributed by atoms with van der Waals surface area (Å²) in [5.41, 5.74) is 5.18. The number of anilines is 1. The summed E-state index contributed by atoms with van der Waals surface area (Å²) in [6.07, 6.45) is 0.274. The molecule has 0 saturated heterocycles. The van der Waals surface area contributed by atoms with Crippen molar-refractivity contribution in [1.82, 2.24) is 10.2 Å². The number of hydrogen-bond donors (Lipinski definition) is 1. The third kappa shape index (κ3) is 3.68. The third-order valence-electron chi connectivity index (χ3n) is 3.83. The molecule has 0 unspecified atom stereocenters. The Morgan fingerprint density at radius 3 is 2.46 bits per heavy atom. The maximum atomic E-state index is 12.2. The Bertz CT molecular complexity index is 867. The van der Waals surface area contributed by atoms with Crippen LogP contribution in [0.5, 0.6) is 0 Å². The number of nitrogens with zero attached hydrogens (tertiary/aromatic N) is 2. The topological polar surface area (TPSA) is 68.0 Å². The number of rotatable bonds is 4. The fourth-order valence-corrected chi connectivity index (χ4v) is 2.41. The average Bonchev–Trinajstić information content (AvgIpc) is 3.00. The van der Waals surface area contributed by atoms with Crippen LogP contribution in [0.4, 0.5) is 6.01 Å². The highest BCUT2D eigenvalue weighted by Crippen LogP contribution is 2.20. The lowest BCUT2D eigenvalue weighted by Gasteiger charge is -2.06. The van der Waals surface area contributed by atoms with Crippen LogP contribution >= 0.6 is 0 Å². The van der Waals surface area contributed by atoms with Gasteiger partial charge in [0.15, 0.2) is 0 Å². The largest absolute Gasteiger partial charge is 0.403 e. The Hall–Kier alpha value is -2.95. The molecule has 0 atom stereocenters. The molecule has 1 amide bonds. The van der Waals surface area contributed by atoms with Crippen LogP contribution in [0.25, 0.3) is 11.5 Å². The first-order chi connectivity index (χ1) is 11.5. The predicted octanol–water partition coefficient (Wildman–Crippen LogP) is 3.84. The molecule has 3 rings (SSSR count). The van der Waals surface area contributed by atoms with E-state index in [2.05, 4.69) is 15.5 Å². The van der Waals surface area contributed by atoms with Crippen molar-refractivity contribution in [1.29, 1.82) is 0 Å². The van der Waals surface area contributed by atoms with E-state index in [9.17, 15) is 4.79 Å². The molecular formula is C19H19N3O2. The van der Waals surface area contributed by atoms with Crippen LogP contribution in [-0.2, 0) is 11.2 Å². The summed E-state index contributed by atoms with van der Waals surface area (Å²) < 4.78 is 5.52. The summed E-state index contributed by atoms with van der Waals surface area (Å²) in [6, 6.07) is 13.9. The van der Waals surface area contributed by atoms with Gasteiger partial charge in [0.2, 0.25) is 11.8 Å². The van der Waals surface area contributed by atoms with Crippen LogP contribution in [0.1, 0.15) is 22.3 Å². The molecule has 0 aliphatic heterocycles. The van der Waals surface area contributed by atoms with Crippen molar-refractivity contribution in [2.75, 3.05) is 5.32 Å². The number of amides is 1. The predicted molar refractivity (Wildman–Crippen MR) is 92.7 cm³/mol. The van der Waals surface area contributed by atoms with Gasteiger partial charge >= 0.3 is 6.01 Å². The molecule has 5 heteroatoms. The number of hydrogen-bond acceptors (Lipinski definition) is 4. The fourth-order valence-electron chi connectivity index (χ4n) is 2.41. The van der Waals surface area contributed by atoms with Gasteiger partial charge in [0, 0.05) is 5.56 Å². The lowest BCUT2D eigenvalue weighted by atomic mass is 10.0. The summed E-state index contributed by atoms with van der Waals surface area (Å²) >= 11 is 0. The van der Waals surface area contributed by atoms with Crippen molar-refractivity contribution in [3.63, 3.8) is 0 Å².